The predicted molar refractivity (Wildman–Crippen MR) is 81.3 cm³/mol. The Labute approximate surface area is 121 Å². The summed E-state index contributed by atoms with van der Waals surface area (Å²) in [5, 5.41) is 0. The fourth-order valence-corrected chi connectivity index (χ4v) is 2.07. The number of benzene rings is 1. The number of carbonyl (C=O) groups excluding carboxylic acids is 1. The van der Waals surface area contributed by atoms with Crippen molar-refractivity contribution >= 4 is 6.29 Å². The van der Waals surface area contributed by atoms with E-state index >= 15 is 0 Å². The van der Waals surface area contributed by atoms with Crippen molar-refractivity contribution in [3.8, 4) is 11.8 Å². The largest absolute Gasteiger partial charge is 0.298 e. The topological polar surface area (TPSA) is 17.1 Å². The maximum absolute atomic E-state index is 13.7. The van der Waals surface area contributed by atoms with Gasteiger partial charge in [-0.25, -0.2) is 4.39 Å². The summed E-state index contributed by atoms with van der Waals surface area (Å²) in [6.07, 6.45) is 10.1. The maximum Gasteiger partial charge on any atom is 0.153 e. The molecule has 0 amide bonds. The van der Waals surface area contributed by atoms with Gasteiger partial charge in [-0.3, -0.25) is 4.79 Å². The smallest absolute Gasteiger partial charge is 0.153 e. The molecule has 0 saturated heterocycles. The third kappa shape index (κ3) is 6.02. The molecule has 0 saturated carbocycles. The third-order valence-electron chi connectivity index (χ3n) is 3.28. The van der Waals surface area contributed by atoms with E-state index in [0.717, 1.165) is 12.8 Å². The van der Waals surface area contributed by atoms with E-state index in [2.05, 4.69) is 18.8 Å². The summed E-state index contributed by atoms with van der Waals surface area (Å²) in [5.74, 6) is 5.30. The van der Waals surface area contributed by atoms with Crippen LogP contribution in [0.2, 0.25) is 0 Å². The molecule has 0 atom stereocenters. The summed E-state index contributed by atoms with van der Waals surface area (Å²) in [6.45, 7) is 2.22. The molecule has 0 fully saturated rings. The van der Waals surface area contributed by atoms with Crippen LogP contribution in [0.3, 0.4) is 0 Å². The Balaban J connectivity index is 2.28. The van der Waals surface area contributed by atoms with Gasteiger partial charge in [-0.05, 0) is 18.6 Å². The van der Waals surface area contributed by atoms with Crippen LogP contribution in [-0.4, -0.2) is 6.29 Å². The van der Waals surface area contributed by atoms with E-state index in [-0.39, 0.29) is 5.56 Å². The first kappa shape index (κ1) is 16.4. The molecule has 0 heterocycles. The van der Waals surface area contributed by atoms with Gasteiger partial charge in [0.2, 0.25) is 0 Å². The number of hydrogen-bond acceptors (Lipinski definition) is 1. The van der Waals surface area contributed by atoms with Crippen molar-refractivity contribution in [3.05, 3.63) is 35.1 Å². The lowest BCUT2D eigenvalue weighted by Crippen LogP contribution is -1.91. The van der Waals surface area contributed by atoms with Gasteiger partial charge < -0.3 is 0 Å². The minimum Gasteiger partial charge on any atom is -0.298 e. The standard InChI is InChI=1S/C18H23FO/c1-2-3-4-5-6-7-8-9-10-12-16-13-11-14-17(15-20)18(16)19/h11,13-15H,2-9H2,1H3. The summed E-state index contributed by atoms with van der Waals surface area (Å²) in [4.78, 5) is 10.6. The summed E-state index contributed by atoms with van der Waals surface area (Å²) >= 11 is 0. The van der Waals surface area contributed by atoms with Gasteiger partial charge in [0.05, 0.1) is 11.1 Å². The zero-order valence-corrected chi connectivity index (χ0v) is 12.3. The van der Waals surface area contributed by atoms with Crippen LogP contribution in [0.25, 0.3) is 0 Å². The van der Waals surface area contributed by atoms with Gasteiger partial charge in [0.1, 0.15) is 5.82 Å². The second kappa shape index (κ2) is 10.2. The fourth-order valence-electron chi connectivity index (χ4n) is 2.07. The Morgan fingerprint density at radius 2 is 1.80 bits per heavy atom. The molecule has 1 aromatic carbocycles. The average Bonchev–Trinajstić information content (AvgIpc) is 2.47. The van der Waals surface area contributed by atoms with E-state index in [1.807, 2.05) is 0 Å². The van der Waals surface area contributed by atoms with Crippen molar-refractivity contribution in [3.63, 3.8) is 0 Å². The molecule has 0 aliphatic carbocycles. The van der Waals surface area contributed by atoms with Gasteiger partial charge in [0.15, 0.2) is 6.29 Å². The first-order valence-corrected chi connectivity index (χ1v) is 7.52. The number of carbonyl (C=O) groups is 1. The summed E-state index contributed by atoms with van der Waals surface area (Å²) in [7, 11) is 0. The van der Waals surface area contributed by atoms with Crippen LogP contribution < -0.4 is 0 Å². The van der Waals surface area contributed by atoms with E-state index < -0.39 is 5.82 Å². The van der Waals surface area contributed by atoms with Crippen LogP contribution in [0, 0.1) is 17.7 Å². The fraction of sp³-hybridized carbons (Fsp3) is 0.500. The lowest BCUT2D eigenvalue weighted by atomic mass is 10.1. The molecule has 2 heteroatoms. The van der Waals surface area contributed by atoms with Gasteiger partial charge >= 0.3 is 0 Å². The minimum absolute atomic E-state index is 0.0766. The van der Waals surface area contributed by atoms with Gasteiger partial charge in [-0.2, -0.15) is 0 Å². The summed E-state index contributed by atoms with van der Waals surface area (Å²) in [5.41, 5.74) is 0.394. The van der Waals surface area contributed by atoms with Crippen molar-refractivity contribution in [2.75, 3.05) is 0 Å². The second-order valence-electron chi connectivity index (χ2n) is 5.00. The van der Waals surface area contributed by atoms with E-state index in [0.29, 0.717) is 11.8 Å². The van der Waals surface area contributed by atoms with Gasteiger partial charge in [-0.15, -0.1) is 0 Å². The number of hydrogen-bond donors (Lipinski definition) is 0. The normalized spacial score (nSPS) is 9.90. The molecule has 0 spiro atoms. The Bertz CT molecular complexity index is 468. The molecule has 1 nitrogen and oxygen atoms in total. The molecular weight excluding hydrogens is 251 g/mol. The SMILES string of the molecule is CCCCCCCCCC#Cc1cccc(C=O)c1F. The van der Waals surface area contributed by atoms with Gasteiger partial charge in [-0.1, -0.05) is 63.4 Å². The van der Waals surface area contributed by atoms with Crippen LogP contribution >= 0.6 is 0 Å². The molecule has 20 heavy (non-hydrogen) atoms. The van der Waals surface area contributed by atoms with Crippen molar-refractivity contribution in [2.45, 2.75) is 58.3 Å². The predicted octanol–water partition coefficient (Wildman–Crippen LogP) is 5.13. The molecule has 0 radical (unpaired) electrons. The molecular formula is C18H23FO. The molecule has 0 unspecified atom stereocenters. The molecule has 1 rings (SSSR count). The maximum atomic E-state index is 13.7. The van der Waals surface area contributed by atoms with Crippen molar-refractivity contribution in [2.24, 2.45) is 0 Å². The minimum atomic E-state index is -0.505. The Kier molecular flexibility index (Phi) is 8.38. The third-order valence-corrected chi connectivity index (χ3v) is 3.28. The highest BCUT2D eigenvalue weighted by Gasteiger charge is 2.03. The highest BCUT2D eigenvalue weighted by Crippen LogP contribution is 2.11. The van der Waals surface area contributed by atoms with Gasteiger partial charge in [0.25, 0.3) is 0 Å². The van der Waals surface area contributed by atoms with Crippen LogP contribution in [0.1, 0.15) is 74.2 Å². The van der Waals surface area contributed by atoms with Crippen molar-refractivity contribution in [1.29, 1.82) is 0 Å². The molecule has 0 aliphatic heterocycles. The van der Waals surface area contributed by atoms with E-state index in [1.54, 1.807) is 12.1 Å². The first-order valence-electron chi connectivity index (χ1n) is 7.52. The van der Waals surface area contributed by atoms with Crippen LogP contribution in [0.15, 0.2) is 18.2 Å². The zero-order valence-electron chi connectivity index (χ0n) is 12.3. The Morgan fingerprint density at radius 1 is 1.10 bits per heavy atom. The van der Waals surface area contributed by atoms with Crippen LogP contribution in [0.4, 0.5) is 4.39 Å². The average molecular weight is 274 g/mol. The second-order valence-corrected chi connectivity index (χ2v) is 5.00. The molecule has 0 bridgehead atoms. The lowest BCUT2D eigenvalue weighted by molar-refractivity contribution is 0.111. The molecule has 0 N–H and O–H groups in total. The summed E-state index contributed by atoms with van der Waals surface area (Å²) < 4.78 is 13.7. The number of halogens is 1. The van der Waals surface area contributed by atoms with Crippen molar-refractivity contribution in [1.82, 2.24) is 0 Å². The highest BCUT2D eigenvalue weighted by molar-refractivity contribution is 5.76. The van der Waals surface area contributed by atoms with Gasteiger partial charge in [0, 0.05) is 6.42 Å². The quantitative estimate of drug-likeness (QED) is 0.365. The number of rotatable bonds is 8. The molecule has 0 aliphatic rings. The Hall–Kier alpha value is -1.62. The van der Waals surface area contributed by atoms with E-state index in [4.69, 9.17) is 0 Å². The summed E-state index contributed by atoms with van der Waals surface area (Å²) in [6, 6.07) is 4.73. The first-order chi connectivity index (χ1) is 9.79. The van der Waals surface area contributed by atoms with E-state index in [1.165, 1.54) is 44.6 Å². The number of unbranched alkanes of at least 4 members (excludes halogenated alkanes) is 7. The van der Waals surface area contributed by atoms with Crippen molar-refractivity contribution < 1.29 is 9.18 Å². The molecule has 0 aromatic heterocycles. The highest BCUT2D eigenvalue weighted by atomic mass is 19.1. The molecule has 1 aromatic rings. The molecule has 108 valence electrons. The monoisotopic (exact) mass is 274 g/mol. The van der Waals surface area contributed by atoms with E-state index in [9.17, 15) is 9.18 Å². The van der Waals surface area contributed by atoms with Crippen LogP contribution in [-0.2, 0) is 0 Å². The Morgan fingerprint density at radius 3 is 2.50 bits per heavy atom. The zero-order chi connectivity index (χ0) is 14.6. The van der Waals surface area contributed by atoms with Crippen LogP contribution in [0.5, 0.6) is 0 Å². The lowest BCUT2D eigenvalue weighted by Gasteiger charge is -1.98. The number of aldehydes is 1.